The molecule has 0 radical (unpaired) electrons. The van der Waals surface area contributed by atoms with Gasteiger partial charge < -0.3 is 14.5 Å². The number of esters is 1. The molecule has 3 aromatic rings. The van der Waals surface area contributed by atoms with Crippen molar-refractivity contribution >= 4 is 27.4 Å². The van der Waals surface area contributed by atoms with Gasteiger partial charge in [0, 0.05) is 64.0 Å². The van der Waals surface area contributed by atoms with Crippen LogP contribution in [0, 0.1) is 0 Å². The smallest absolute Gasteiger partial charge is 0.340 e. The van der Waals surface area contributed by atoms with Gasteiger partial charge in [0.05, 0.1) is 5.56 Å². The lowest BCUT2D eigenvalue weighted by atomic mass is 9.78. The second-order valence-electron chi connectivity index (χ2n) is 11.4. The first-order chi connectivity index (χ1) is 18.3. The Balaban J connectivity index is 0.00000129. The van der Waals surface area contributed by atoms with Crippen LogP contribution in [0.2, 0.25) is 0 Å². The van der Waals surface area contributed by atoms with E-state index < -0.39 is 15.6 Å². The van der Waals surface area contributed by atoms with Crippen LogP contribution in [0.4, 0.5) is 11.4 Å². The van der Waals surface area contributed by atoms with Crippen molar-refractivity contribution in [1.82, 2.24) is 0 Å². The molecule has 0 unspecified atom stereocenters. The van der Waals surface area contributed by atoms with Gasteiger partial charge in [0.1, 0.15) is 0 Å². The van der Waals surface area contributed by atoms with E-state index in [2.05, 4.69) is 84.7 Å². The largest absolute Gasteiger partial charge is 0.440 e. The Morgan fingerprint density at radius 1 is 0.763 bits per heavy atom. The number of hydrogen-bond acceptors (Lipinski definition) is 4. The molecular formula is C33H40N2O2S. The van der Waals surface area contributed by atoms with Crippen LogP contribution in [-0.4, -0.2) is 44.7 Å². The molecule has 0 amide bonds. The highest BCUT2D eigenvalue weighted by molar-refractivity contribution is 8.32. The summed E-state index contributed by atoms with van der Waals surface area (Å²) in [4.78, 5) is 21.0. The summed E-state index contributed by atoms with van der Waals surface area (Å²) in [6, 6.07) is 20.1. The molecule has 4 heterocycles. The highest BCUT2D eigenvalue weighted by Gasteiger charge is 2.55. The van der Waals surface area contributed by atoms with Gasteiger partial charge in [-0.3, -0.25) is 0 Å². The number of anilines is 2. The molecule has 4 aliphatic heterocycles. The van der Waals surface area contributed by atoms with E-state index in [9.17, 15) is 4.79 Å². The van der Waals surface area contributed by atoms with Gasteiger partial charge in [0.15, 0.2) is 5.60 Å². The molecule has 0 N–H and O–H groups in total. The molecule has 5 heteroatoms. The highest BCUT2D eigenvalue weighted by Crippen LogP contribution is 2.69. The molecule has 200 valence electrons. The summed E-state index contributed by atoms with van der Waals surface area (Å²) in [5.74, 6) is 0.154. The van der Waals surface area contributed by atoms with Crippen LogP contribution < -0.4 is 9.80 Å². The standard InChI is InChI=1S/C31H34N2O2S.C2H6/c1-20(2)21-7-10-24-27(17-21)31(35-30(24)34)25-11-8-22(32-13-5-14-32)18-28(25)36(3,4)29-19-23(9-12-26(29)31)33-15-6-16-33;1-2/h7-12,17-20H,5-6,13-16H2,1-4H3;1-2H3. The molecule has 4 nitrogen and oxygen atoms in total. The van der Waals surface area contributed by atoms with Crippen molar-refractivity contribution in [3.63, 3.8) is 0 Å². The van der Waals surface area contributed by atoms with Crippen molar-refractivity contribution in [3.8, 4) is 0 Å². The maximum Gasteiger partial charge on any atom is 0.340 e. The van der Waals surface area contributed by atoms with E-state index in [4.69, 9.17) is 4.74 Å². The average molecular weight is 529 g/mol. The monoisotopic (exact) mass is 528 g/mol. The lowest BCUT2D eigenvalue weighted by Gasteiger charge is -2.48. The maximum atomic E-state index is 13.4. The zero-order valence-corrected chi connectivity index (χ0v) is 24.5. The first-order valence-electron chi connectivity index (χ1n) is 14.2. The van der Waals surface area contributed by atoms with Crippen molar-refractivity contribution in [3.05, 3.63) is 82.4 Å². The van der Waals surface area contributed by atoms with E-state index in [-0.39, 0.29) is 5.97 Å². The van der Waals surface area contributed by atoms with Crippen molar-refractivity contribution in [2.45, 2.75) is 61.8 Å². The first-order valence-corrected chi connectivity index (χ1v) is 16.7. The summed E-state index contributed by atoms with van der Waals surface area (Å²) >= 11 is 0. The summed E-state index contributed by atoms with van der Waals surface area (Å²) in [7, 11) is -1.34. The third kappa shape index (κ3) is 3.47. The Kier molecular flexibility index (Phi) is 6.06. The molecule has 38 heavy (non-hydrogen) atoms. The van der Waals surface area contributed by atoms with Crippen LogP contribution in [0.15, 0.2) is 64.4 Å². The fourth-order valence-corrected chi connectivity index (χ4v) is 8.88. The summed E-state index contributed by atoms with van der Waals surface area (Å²) in [5, 5.41) is 0. The third-order valence-electron chi connectivity index (χ3n) is 8.79. The zero-order chi connectivity index (χ0) is 26.8. The van der Waals surface area contributed by atoms with Gasteiger partial charge in [0.2, 0.25) is 0 Å². The Morgan fingerprint density at radius 2 is 1.29 bits per heavy atom. The zero-order valence-electron chi connectivity index (χ0n) is 23.6. The van der Waals surface area contributed by atoms with Gasteiger partial charge in [-0.15, -0.1) is 0 Å². The number of hydrogen-bond donors (Lipinski definition) is 0. The normalized spacial score (nSPS) is 20.3. The summed E-state index contributed by atoms with van der Waals surface area (Å²) in [5.41, 5.74) is 6.91. The number of fused-ring (bicyclic) bond motifs is 6. The van der Waals surface area contributed by atoms with Crippen LogP contribution in [-0.2, 0) is 10.3 Å². The van der Waals surface area contributed by atoms with Gasteiger partial charge in [-0.05, 0) is 73.2 Å². The highest BCUT2D eigenvalue weighted by atomic mass is 32.3. The van der Waals surface area contributed by atoms with Crippen molar-refractivity contribution < 1.29 is 9.53 Å². The maximum absolute atomic E-state index is 13.4. The Hall–Kier alpha value is -2.92. The van der Waals surface area contributed by atoms with Crippen molar-refractivity contribution in [1.29, 1.82) is 0 Å². The minimum Gasteiger partial charge on any atom is -0.440 e. The van der Waals surface area contributed by atoms with E-state index >= 15 is 0 Å². The number of rotatable bonds is 3. The fraction of sp³-hybridized carbons (Fsp3) is 0.424. The van der Waals surface area contributed by atoms with E-state index in [0.29, 0.717) is 11.5 Å². The molecule has 3 aromatic carbocycles. The molecule has 4 aliphatic rings. The number of nitrogens with zero attached hydrogens (tertiary/aromatic N) is 2. The van der Waals surface area contributed by atoms with Crippen LogP contribution >= 0.6 is 10.0 Å². The molecule has 0 saturated carbocycles. The quantitative estimate of drug-likeness (QED) is 0.329. The number of carbonyl (C=O) groups excluding carboxylic acids is 1. The lowest BCUT2D eigenvalue weighted by Crippen LogP contribution is -2.39. The summed E-state index contributed by atoms with van der Waals surface area (Å²) < 4.78 is 6.57. The molecule has 2 fully saturated rings. The minimum atomic E-state index is -1.34. The Labute approximate surface area is 229 Å². The topological polar surface area (TPSA) is 32.8 Å². The van der Waals surface area contributed by atoms with Gasteiger partial charge >= 0.3 is 5.97 Å². The van der Waals surface area contributed by atoms with E-state index in [1.54, 1.807) is 0 Å². The third-order valence-corrected chi connectivity index (χ3v) is 11.7. The van der Waals surface area contributed by atoms with Crippen molar-refractivity contribution in [2.75, 3.05) is 48.5 Å². The van der Waals surface area contributed by atoms with Crippen molar-refractivity contribution in [2.24, 2.45) is 0 Å². The molecule has 1 spiro atoms. The molecule has 0 atom stereocenters. The predicted octanol–water partition coefficient (Wildman–Crippen LogP) is 7.51. The Bertz CT molecular complexity index is 1350. The second-order valence-corrected chi connectivity index (χ2v) is 14.9. The SMILES string of the molecule is CC.CC(C)c1ccc2c(c1)C1(OC2=O)c2ccc(N3CCC3)cc2S(C)(C)c2cc(N3CCC3)ccc21. The summed E-state index contributed by atoms with van der Waals surface area (Å²) in [6.07, 6.45) is 7.34. The second kappa shape index (κ2) is 9.08. The van der Waals surface area contributed by atoms with Gasteiger partial charge in [-0.2, -0.15) is 10.0 Å². The molecule has 0 aromatic heterocycles. The molecular weight excluding hydrogens is 488 g/mol. The van der Waals surface area contributed by atoms with Gasteiger partial charge in [0.25, 0.3) is 0 Å². The number of ether oxygens (including phenoxy) is 1. The lowest BCUT2D eigenvalue weighted by molar-refractivity contribution is 0.0232. The van der Waals surface area contributed by atoms with Gasteiger partial charge in [-0.1, -0.05) is 45.9 Å². The van der Waals surface area contributed by atoms with E-state index in [1.807, 2.05) is 19.9 Å². The molecule has 7 rings (SSSR count). The van der Waals surface area contributed by atoms with E-state index in [1.165, 1.54) is 39.6 Å². The van der Waals surface area contributed by atoms with Gasteiger partial charge in [-0.25, -0.2) is 4.79 Å². The first kappa shape index (κ1) is 25.4. The molecule has 0 aliphatic carbocycles. The minimum absolute atomic E-state index is 0.217. The number of carbonyl (C=O) groups is 1. The average Bonchev–Trinajstić information content (AvgIpc) is 3.14. The van der Waals surface area contributed by atoms with Crippen LogP contribution in [0.3, 0.4) is 0 Å². The fourth-order valence-electron chi connectivity index (χ4n) is 6.29. The Morgan fingerprint density at radius 3 is 1.74 bits per heavy atom. The summed E-state index contributed by atoms with van der Waals surface area (Å²) in [6.45, 7) is 12.9. The van der Waals surface area contributed by atoms with Crippen LogP contribution in [0.5, 0.6) is 0 Å². The number of benzene rings is 3. The molecule has 2 saturated heterocycles. The van der Waals surface area contributed by atoms with Crippen LogP contribution in [0.1, 0.15) is 79.1 Å². The molecule has 0 bridgehead atoms. The van der Waals surface area contributed by atoms with E-state index in [0.717, 1.165) is 42.9 Å². The predicted molar refractivity (Wildman–Crippen MR) is 160 cm³/mol. The van der Waals surface area contributed by atoms with Crippen LogP contribution in [0.25, 0.3) is 0 Å².